The maximum absolute atomic E-state index is 12.9. The van der Waals surface area contributed by atoms with Gasteiger partial charge in [0.1, 0.15) is 17.3 Å². The van der Waals surface area contributed by atoms with Crippen molar-refractivity contribution >= 4 is 58.2 Å². The zero-order chi connectivity index (χ0) is 23.0. The van der Waals surface area contributed by atoms with E-state index in [1.807, 2.05) is 6.07 Å². The van der Waals surface area contributed by atoms with Gasteiger partial charge in [-0.05, 0) is 49.1 Å². The third-order valence-electron chi connectivity index (χ3n) is 4.73. The van der Waals surface area contributed by atoms with E-state index >= 15 is 0 Å². The molecule has 0 N–H and O–H groups in total. The van der Waals surface area contributed by atoms with Crippen LogP contribution in [0.4, 0.5) is 5.69 Å². The maximum Gasteiger partial charge on any atom is 0.280 e. The standard InChI is InChI=1S/C21H15Cl3N4O3/c1-10-13(19(29)27(3)20(30)15(10)9-25)5-4-6-14-11(2)26-28(21(14)31)18-16(23)7-12(22)8-17(18)24/h4-8,29H,1-3H3/p-1. The molecule has 1 aliphatic rings. The Hall–Kier alpha value is -3.05. The number of nitriles is 1. The summed E-state index contributed by atoms with van der Waals surface area (Å²) in [5.41, 5.74) is 0.566. The third-order valence-corrected chi connectivity index (χ3v) is 5.52. The summed E-state index contributed by atoms with van der Waals surface area (Å²) in [7, 11) is 1.30. The van der Waals surface area contributed by atoms with Crippen molar-refractivity contribution in [3.8, 4) is 11.9 Å². The summed E-state index contributed by atoms with van der Waals surface area (Å²) in [5.74, 6) is -1.01. The minimum atomic E-state index is -0.651. The molecule has 0 spiro atoms. The molecule has 1 aromatic carbocycles. The van der Waals surface area contributed by atoms with Gasteiger partial charge in [-0.2, -0.15) is 15.4 Å². The van der Waals surface area contributed by atoms with Crippen molar-refractivity contribution < 1.29 is 9.90 Å². The number of anilines is 1. The normalized spacial score (nSPS) is 15.1. The van der Waals surface area contributed by atoms with E-state index in [0.717, 1.165) is 9.58 Å². The first-order valence-electron chi connectivity index (χ1n) is 8.82. The van der Waals surface area contributed by atoms with Crippen molar-refractivity contribution in [2.24, 2.45) is 12.1 Å². The first-order valence-corrected chi connectivity index (χ1v) is 9.95. The number of benzene rings is 1. The molecule has 1 aromatic heterocycles. The Morgan fingerprint density at radius 3 is 2.35 bits per heavy atom. The molecule has 0 fully saturated rings. The van der Waals surface area contributed by atoms with Gasteiger partial charge in [-0.15, -0.1) is 0 Å². The van der Waals surface area contributed by atoms with Crippen LogP contribution in [-0.4, -0.2) is 16.2 Å². The SMILES string of the molecule is CC1=NN(c2c(Cl)cc(Cl)cc2Cl)C(=O)C1=CC=Cc1c(C)c(C#N)c(=O)n(C)c1[O-]. The number of rotatable bonds is 3. The molecule has 0 unspecified atom stereocenters. The van der Waals surface area contributed by atoms with Gasteiger partial charge in [0.2, 0.25) is 0 Å². The summed E-state index contributed by atoms with van der Waals surface area (Å²) < 4.78 is 0.873. The zero-order valence-corrected chi connectivity index (χ0v) is 18.8. The van der Waals surface area contributed by atoms with E-state index in [0.29, 0.717) is 10.7 Å². The molecule has 1 amide bonds. The van der Waals surface area contributed by atoms with Gasteiger partial charge in [0.05, 0.1) is 21.3 Å². The molecule has 3 rings (SSSR count). The summed E-state index contributed by atoms with van der Waals surface area (Å²) in [5, 5.41) is 27.6. The Labute approximate surface area is 192 Å². The lowest BCUT2D eigenvalue weighted by molar-refractivity contribution is -0.279. The highest BCUT2D eigenvalue weighted by Crippen LogP contribution is 2.39. The van der Waals surface area contributed by atoms with Gasteiger partial charge in [-0.25, -0.2) is 0 Å². The molecule has 7 nitrogen and oxygen atoms in total. The maximum atomic E-state index is 12.9. The molecule has 0 radical (unpaired) electrons. The number of carbonyl (C=O) groups excluding carboxylic acids is 1. The van der Waals surface area contributed by atoms with Crippen LogP contribution in [0.2, 0.25) is 15.1 Å². The lowest BCUT2D eigenvalue weighted by Crippen LogP contribution is -2.25. The van der Waals surface area contributed by atoms with Gasteiger partial charge in [0, 0.05) is 12.1 Å². The molecule has 0 saturated carbocycles. The van der Waals surface area contributed by atoms with Crippen LogP contribution in [-0.2, 0) is 11.8 Å². The van der Waals surface area contributed by atoms with E-state index in [-0.39, 0.29) is 38.0 Å². The van der Waals surface area contributed by atoms with Crippen LogP contribution in [0.3, 0.4) is 0 Å². The number of aromatic nitrogens is 1. The summed E-state index contributed by atoms with van der Waals surface area (Å²) in [6.45, 7) is 3.16. The van der Waals surface area contributed by atoms with Crippen LogP contribution in [0, 0.1) is 18.3 Å². The Bertz CT molecular complexity index is 1290. The highest BCUT2D eigenvalue weighted by Gasteiger charge is 2.31. The van der Waals surface area contributed by atoms with E-state index < -0.39 is 17.3 Å². The summed E-state index contributed by atoms with van der Waals surface area (Å²) in [6, 6.07) is 4.73. The Morgan fingerprint density at radius 2 is 1.77 bits per heavy atom. The number of hydrogen-bond acceptors (Lipinski definition) is 5. The van der Waals surface area contributed by atoms with Crippen molar-refractivity contribution in [2.45, 2.75) is 13.8 Å². The van der Waals surface area contributed by atoms with E-state index in [1.54, 1.807) is 6.92 Å². The Kier molecular flexibility index (Phi) is 6.27. The predicted molar refractivity (Wildman–Crippen MR) is 120 cm³/mol. The Balaban J connectivity index is 1.99. The smallest absolute Gasteiger partial charge is 0.280 e. The van der Waals surface area contributed by atoms with Crippen molar-refractivity contribution in [1.29, 1.82) is 5.26 Å². The molecule has 1 aliphatic heterocycles. The van der Waals surface area contributed by atoms with E-state index in [9.17, 15) is 20.0 Å². The largest absolute Gasteiger partial charge is 0.860 e. The second-order valence-corrected chi connectivity index (χ2v) is 7.91. The molecule has 0 saturated heterocycles. The quantitative estimate of drug-likeness (QED) is 0.626. The lowest BCUT2D eigenvalue weighted by atomic mass is 10.0. The van der Waals surface area contributed by atoms with Crippen LogP contribution in [0.25, 0.3) is 6.08 Å². The van der Waals surface area contributed by atoms with Crippen LogP contribution in [0.5, 0.6) is 5.88 Å². The summed E-state index contributed by atoms with van der Waals surface area (Å²) in [6.07, 6.45) is 4.40. The molecular weight excluding hydrogens is 463 g/mol. The monoisotopic (exact) mass is 475 g/mol. The van der Waals surface area contributed by atoms with Crippen LogP contribution < -0.4 is 15.7 Å². The molecule has 158 valence electrons. The highest BCUT2D eigenvalue weighted by molar-refractivity contribution is 6.43. The summed E-state index contributed by atoms with van der Waals surface area (Å²) >= 11 is 18.3. The molecule has 0 aliphatic carbocycles. The first-order chi connectivity index (χ1) is 14.6. The molecule has 31 heavy (non-hydrogen) atoms. The molecule has 10 heteroatoms. The van der Waals surface area contributed by atoms with Gasteiger partial charge in [-0.1, -0.05) is 47.0 Å². The van der Waals surface area contributed by atoms with Crippen LogP contribution >= 0.6 is 34.8 Å². The second-order valence-electron chi connectivity index (χ2n) is 6.65. The predicted octanol–water partition coefficient (Wildman–Crippen LogP) is 3.96. The number of hydrazone groups is 1. The zero-order valence-electron chi connectivity index (χ0n) is 16.5. The van der Waals surface area contributed by atoms with Crippen molar-refractivity contribution in [2.75, 3.05) is 5.01 Å². The number of halogens is 3. The molecule has 0 bridgehead atoms. The fraction of sp³-hybridized carbons (Fsp3) is 0.143. The molecular formula is C21H14Cl3N4O3-. The number of nitrogens with zero attached hydrogens (tertiary/aromatic N) is 4. The number of amides is 1. The minimum absolute atomic E-state index is 0.109. The number of hydrogen-bond donors (Lipinski definition) is 0. The molecule has 2 aromatic rings. The fourth-order valence-electron chi connectivity index (χ4n) is 3.06. The average Bonchev–Trinajstić information content (AvgIpc) is 2.96. The third kappa shape index (κ3) is 3.98. The van der Waals surface area contributed by atoms with Gasteiger partial charge < -0.3 is 9.67 Å². The number of allylic oxidation sites excluding steroid dienone is 2. The van der Waals surface area contributed by atoms with Crippen molar-refractivity contribution in [1.82, 2.24) is 4.57 Å². The van der Waals surface area contributed by atoms with Crippen LogP contribution in [0.15, 0.2) is 39.8 Å². The summed E-state index contributed by atoms with van der Waals surface area (Å²) in [4.78, 5) is 24.9. The van der Waals surface area contributed by atoms with Crippen molar-refractivity contribution in [3.05, 3.63) is 72.0 Å². The van der Waals surface area contributed by atoms with Gasteiger partial charge in [0.25, 0.3) is 11.5 Å². The number of pyridine rings is 1. The fourth-order valence-corrected chi connectivity index (χ4v) is 4.04. The topological polar surface area (TPSA) is 102 Å². The number of carbonyl (C=O) groups is 1. The lowest BCUT2D eigenvalue weighted by Gasteiger charge is -2.18. The minimum Gasteiger partial charge on any atom is -0.860 e. The average molecular weight is 477 g/mol. The Morgan fingerprint density at radius 1 is 1.16 bits per heavy atom. The second kappa shape index (κ2) is 8.60. The van der Waals surface area contributed by atoms with E-state index in [4.69, 9.17) is 34.8 Å². The van der Waals surface area contributed by atoms with Gasteiger partial charge in [0.15, 0.2) is 0 Å². The first kappa shape index (κ1) is 22.6. The van der Waals surface area contributed by atoms with Crippen molar-refractivity contribution in [3.63, 3.8) is 0 Å². The van der Waals surface area contributed by atoms with E-state index in [1.165, 1.54) is 44.3 Å². The van der Waals surface area contributed by atoms with Gasteiger partial charge in [-0.3, -0.25) is 9.59 Å². The molecule has 2 heterocycles. The molecule has 0 atom stereocenters. The highest BCUT2D eigenvalue weighted by atomic mass is 35.5. The van der Waals surface area contributed by atoms with E-state index in [2.05, 4.69) is 5.10 Å². The van der Waals surface area contributed by atoms with Gasteiger partial charge >= 0.3 is 0 Å². The van der Waals surface area contributed by atoms with Crippen LogP contribution in [0.1, 0.15) is 23.6 Å².